The zero-order valence-corrected chi connectivity index (χ0v) is 20.6. The van der Waals surface area contributed by atoms with Crippen molar-refractivity contribution in [3.05, 3.63) is 78.1 Å². The highest BCUT2D eigenvalue weighted by Crippen LogP contribution is 2.32. The van der Waals surface area contributed by atoms with Crippen molar-refractivity contribution < 1.29 is 8.42 Å². The van der Waals surface area contributed by atoms with Crippen LogP contribution in [0.1, 0.15) is 18.2 Å². The summed E-state index contributed by atoms with van der Waals surface area (Å²) < 4.78 is 27.9. The van der Waals surface area contributed by atoms with Gasteiger partial charge in [-0.2, -0.15) is 0 Å². The van der Waals surface area contributed by atoms with Crippen LogP contribution in [0.4, 0.5) is 16.8 Å². The largest absolute Gasteiger partial charge is 0.362 e. The van der Waals surface area contributed by atoms with Gasteiger partial charge >= 0.3 is 0 Å². The van der Waals surface area contributed by atoms with E-state index in [0.717, 1.165) is 33.5 Å². The molecule has 0 atom stereocenters. The summed E-state index contributed by atoms with van der Waals surface area (Å²) >= 11 is 1.55. The van der Waals surface area contributed by atoms with Crippen LogP contribution in [-0.4, -0.2) is 36.5 Å². The number of nitrogens with zero attached hydrogens (tertiary/aromatic N) is 3. The molecule has 0 saturated carbocycles. The van der Waals surface area contributed by atoms with Crippen molar-refractivity contribution in [2.24, 2.45) is 0 Å². The Morgan fingerprint density at radius 3 is 2.47 bits per heavy atom. The number of sulfonamides is 1. The van der Waals surface area contributed by atoms with Gasteiger partial charge in [0.15, 0.2) is 5.13 Å². The lowest BCUT2D eigenvalue weighted by molar-refractivity contribution is 0.581. The van der Waals surface area contributed by atoms with E-state index in [0.29, 0.717) is 24.6 Å². The van der Waals surface area contributed by atoms with Crippen LogP contribution in [0, 0.1) is 6.92 Å². The third-order valence-electron chi connectivity index (χ3n) is 4.98. The highest BCUT2D eigenvalue weighted by atomic mass is 32.2. The molecule has 0 aliphatic heterocycles. The molecule has 0 bridgehead atoms. The first kappa shape index (κ1) is 23.8. The van der Waals surface area contributed by atoms with E-state index in [1.165, 1.54) is 0 Å². The van der Waals surface area contributed by atoms with Gasteiger partial charge in [0, 0.05) is 25.0 Å². The van der Waals surface area contributed by atoms with Crippen LogP contribution in [0.15, 0.2) is 71.8 Å². The zero-order chi connectivity index (χ0) is 24.0. The van der Waals surface area contributed by atoms with Gasteiger partial charge < -0.3 is 10.6 Å². The van der Waals surface area contributed by atoms with E-state index in [-0.39, 0.29) is 4.90 Å². The molecule has 0 aliphatic rings. The Balaban J connectivity index is 1.41. The lowest BCUT2D eigenvalue weighted by Gasteiger charge is -2.09. The molecule has 4 rings (SSSR count). The minimum Gasteiger partial charge on any atom is -0.362 e. The van der Waals surface area contributed by atoms with Crippen LogP contribution in [0.25, 0.3) is 10.6 Å². The highest BCUT2D eigenvalue weighted by Gasteiger charge is 2.14. The van der Waals surface area contributed by atoms with Gasteiger partial charge in [0.2, 0.25) is 16.0 Å². The summed E-state index contributed by atoms with van der Waals surface area (Å²) in [7, 11) is -3.59. The van der Waals surface area contributed by atoms with Crippen LogP contribution in [0.2, 0.25) is 0 Å². The van der Waals surface area contributed by atoms with E-state index in [1.807, 2.05) is 50.2 Å². The van der Waals surface area contributed by atoms with E-state index in [1.54, 1.807) is 41.8 Å². The van der Waals surface area contributed by atoms with Crippen LogP contribution < -0.4 is 15.4 Å². The molecule has 3 N–H and O–H groups in total. The molecule has 2 aromatic carbocycles. The SMILES string of the molecule is CCNc1nc(C)c(-c2ccnc(Nc3ccc(S(=O)(=O)NCCc4ccccc4)cc3)n2)s1. The molecule has 34 heavy (non-hydrogen) atoms. The lowest BCUT2D eigenvalue weighted by Crippen LogP contribution is -2.25. The first-order valence-corrected chi connectivity index (χ1v) is 13.2. The number of thiazole rings is 1. The Kier molecular flexibility index (Phi) is 7.51. The van der Waals surface area contributed by atoms with Crippen molar-refractivity contribution in [3.63, 3.8) is 0 Å². The second kappa shape index (κ2) is 10.7. The third-order valence-corrected chi connectivity index (χ3v) is 7.60. The second-order valence-electron chi connectivity index (χ2n) is 7.51. The number of hydrogen-bond donors (Lipinski definition) is 3. The molecule has 176 valence electrons. The predicted octanol–water partition coefficient (Wildman–Crippen LogP) is 4.60. The number of rotatable bonds is 10. The molecule has 2 aromatic heterocycles. The van der Waals surface area contributed by atoms with Crippen molar-refractivity contribution >= 4 is 38.1 Å². The van der Waals surface area contributed by atoms with Crippen molar-refractivity contribution in [2.45, 2.75) is 25.2 Å². The van der Waals surface area contributed by atoms with Gasteiger partial charge in [0.05, 0.1) is 21.2 Å². The normalized spacial score (nSPS) is 11.4. The van der Waals surface area contributed by atoms with Gasteiger partial charge in [-0.15, -0.1) is 0 Å². The van der Waals surface area contributed by atoms with Gasteiger partial charge in [-0.1, -0.05) is 41.7 Å². The number of benzene rings is 2. The Labute approximate surface area is 203 Å². The van der Waals surface area contributed by atoms with E-state index < -0.39 is 10.0 Å². The molecule has 2 heterocycles. The molecule has 0 radical (unpaired) electrons. The quantitative estimate of drug-likeness (QED) is 0.295. The number of anilines is 3. The Morgan fingerprint density at radius 2 is 1.74 bits per heavy atom. The fourth-order valence-electron chi connectivity index (χ4n) is 3.31. The monoisotopic (exact) mass is 494 g/mol. The summed E-state index contributed by atoms with van der Waals surface area (Å²) in [5.74, 6) is 0.423. The van der Waals surface area contributed by atoms with E-state index >= 15 is 0 Å². The number of nitrogens with one attached hydrogen (secondary N) is 3. The average molecular weight is 495 g/mol. The highest BCUT2D eigenvalue weighted by molar-refractivity contribution is 7.89. The second-order valence-corrected chi connectivity index (χ2v) is 10.3. The summed E-state index contributed by atoms with van der Waals surface area (Å²) in [4.78, 5) is 14.6. The standard InChI is InChI=1S/C24H26N6O2S2/c1-3-25-24-28-17(2)22(33-24)21-14-15-26-23(30-21)29-19-9-11-20(12-10-19)34(31,32)27-16-13-18-7-5-4-6-8-18/h4-12,14-15,27H,3,13,16H2,1-2H3,(H,25,28)(H,26,29,30). The minimum atomic E-state index is -3.59. The summed E-state index contributed by atoms with van der Waals surface area (Å²) in [6, 6.07) is 18.1. The van der Waals surface area contributed by atoms with Gasteiger partial charge in [-0.25, -0.2) is 28.1 Å². The molecule has 8 nitrogen and oxygen atoms in total. The Bertz CT molecular complexity index is 1340. The lowest BCUT2D eigenvalue weighted by atomic mass is 10.2. The van der Waals surface area contributed by atoms with Gasteiger partial charge in [0.25, 0.3) is 0 Å². The van der Waals surface area contributed by atoms with Gasteiger partial charge in [-0.3, -0.25) is 0 Å². The van der Waals surface area contributed by atoms with Crippen molar-refractivity contribution in [1.29, 1.82) is 0 Å². The molecule has 0 fully saturated rings. The average Bonchev–Trinajstić information content (AvgIpc) is 3.20. The summed E-state index contributed by atoms with van der Waals surface area (Å²) in [5, 5.41) is 7.22. The maximum absolute atomic E-state index is 12.6. The zero-order valence-electron chi connectivity index (χ0n) is 18.9. The molecule has 0 saturated heterocycles. The number of aromatic nitrogens is 3. The van der Waals surface area contributed by atoms with Crippen molar-refractivity contribution in [2.75, 3.05) is 23.7 Å². The summed E-state index contributed by atoms with van der Waals surface area (Å²) in [5.41, 5.74) is 3.45. The Hall–Kier alpha value is -3.34. The maximum Gasteiger partial charge on any atom is 0.240 e. The number of aryl methyl sites for hydroxylation is 1. The van der Waals surface area contributed by atoms with E-state index in [4.69, 9.17) is 0 Å². The minimum absolute atomic E-state index is 0.206. The van der Waals surface area contributed by atoms with Crippen LogP contribution in [0.5, 0.6) is 0 Å². The first-order chi connectivity index (χ1) is 16.4. The van der Waals surface area contributed by atoms with Gasteiger partial charge in [0.1, 0.15) is 0 Å². The predicted molar refractivity (Wildman–Crippen MR) is 137 cm³/mol. The van der Waals surface area contributed by atoms with Crippen LogP contribution in [-0.2, 0) is 16.4 Å². The van der Waals surface area contributed by atoms with E-state index in [9.17, 15) is 8.42 Å². The first-order valence-electron chi connectivity index (χ1n) is 10.9. The molecule has 0 spiro atoms. The number of hydrogen-bond acceptors (Lipinski definition) is 8. The van der Waals surface area contributed by atoms with Crippen molar-refractivity contribution in [3.8, 4) is 10.6 Å². The Morgan fingerprint density at radius 1 is 0.971 bits per heavy atom. The molecule has 10 heteroatoms. The van der Waals surface area contributed by atoms with Gasteiger partial charge in [-0.05, 0) is 56.2 Å². The fourth-order valence-corrected chi connectivity index (χ4v) is 5.35. The maximum atomic E-state index is 12.6. The fraction of sp³-hybridized carbons (Fsp3) is 0.208. The summed E-state index contributed by atoms with van der Waals surface area (Å²) in [6.45, 7) is 5.12. The van der Waals surface area contributed by atoms with Crippen molar-refractivity contribution in [1.82, 2.24) is 19.7 Å². The molecule has 0 aliphatic carbocycles. The van der Waals surface area contributed by atoms with Crippen LogP contribution >= 0.6 is 11.3 Å². The third kappa shape index (κ3) is 5.96. The molecule has 0 amide bonds. The van der Waals surface area contributed by atoms with Crippen LogP contribution in [0.3, 0.4) is 0 Å². The molecule has 4 aromatic rings. The van der Waals surface area contributed by atoms with E-state index in [2.05, 4.69) is 30.3 Å². The topological polar surface area (TPSA) is 109 Å². The molecule has 0 unspecified atom stereocenters. The molecular weight excluding hydrogens is 468 g/mol. The molecular formula is C24H26N6O2S2. The smallest absolute Gasteiger partial charge is 0.240 e. The summed E-state index contributed by atoms with van der Waals surface area (Å²) in [6.07, 6.45) is 2.31.